The predicted octanol–water partition coefficient (Wildman–Crippen LogP) is 4.75. The molecule has 1 aromatic carbocycles. The molecule has 1 aliphatic carbocycles. The Morgan fingerprint density at radius 2 is 1.96 bits per heavy atom. The Hall–Kier alpha value is -1.56. The van der Waals surface area contributed by atoms with Gasteiger partial charge < -0.3 is 14.8 Å². The third-order valence-electron chi connectivity index (χ3n) is 5.14. The van der Waals surface area contributed by atoms with E-state index >= 15 is 0 Å². The Morgan fingerprint density at radius 3 is 2.54 bits per heavy atom. The van der Waals surface area contributed by atoms with Gasteiger partial charge >= 0.3 is 6.61 Å². The number of nitrogens with zero attached hydrogens (tertiary/aromatic N) is 1. The lowest BCUT2D eigenvalue weighted by atomic mass is 10.1. The lowest BCUT2D eigenvalue weighted by Crippen LogP contribution is -2.44. The molecule has 0 spiro atoms. The highest BCUT2D eigenvalue weighted by molar-refractivity contribution is 5.55. The highest BCUT2D eigenvalue weighted by Crippen LogP contribution is 2.36. The molecule has 6 heteroatoms. The number of halogens is 2. The normalized spacial score (nSPS) is 24.1. The van der Waals surface area contributed by atoms with E-state index in [2.05, 4.69) is 42.6 Å². The molecule has 4 nitrogen and oxygen atoms in total. The summed E-state index contributed by atoms with van der Waals surface area (Å²) in [5.74, 6) is 1.03. The number of nitrogens with one attached hydrogen (secondary N) is 1. The molecule has 0 radical (unpaired) electrons. The highest BCUT2D eigenvalue weighted by atomic mass is 19.3. The average molecular weight is 368 g/mol. The molecule has 2 atom stereocenters. The SMILES string of the molecule is C[C@@H]1C[C@@H](Nc2ccc(OC(F)F)c(OCC3CC3)c2)CN1C(C)(C)C. The standard InChI is InChI=1S/C20H30F2N2O2/c1-13-9-16(11-24(13)20(2,3)4)23-15-7-8-17(26-19(21)22)18(10-15)25-12-14-5-6-14/h7-8,10,13-14,16,19,23H,5-6,9,11-12H2,1-4H3/t13-,16-/m1/s1. The summed E-state index contributed by atoms with van der Waals surface area (Å²) in [5, 5.41) is 3.53. The smallest absolute Gasteiger partial charge is 0.387 e. The van der Waals surface area contributed by atoms with E-state index in [-0.39, 0.29) is 11.3 Å². The van der Waals surface area contributed by atoms with Crippen LogP contribution in [-0.2, 0) is 0 Å². The van der Waals surface area contributed by atoms with Gasteiger partial charge in [0.25, 0.3) is 0 Å². The van der Waals surface area contributed by atoms with E-state index < -0.39 is 6.61 Å². The summed E-state index contributed by atoms with van der Waals surface area (Å²) in [5.41, 5.74) is 1.01. The Balaban J connectivity index is 1.68. The summed E-state index contributed by atoms with van der Waals surface area (Å²) in [6.07, 6.45) is 3.34. The maximum Gasteiger partial charge on any atom is 0.387 e. The van der Waals surface area contributed by atoms with Crippen LogP contribution < -0.4 is 14.8 Å². The second kappa shape index (κ2) is 7.59. The van der Waals surface area contributed by atoms with E-state index in [1.807, 2.05) is 0 Å². The van der Waals surface area contributed by atoms with Gasteiger partial charge in [0.2, 0.25) is 0 Å². The first kappa shape index (κ1) is 19.2. The summed E-state index contributed by atoms with van der Waals surface area (Å²) in [6, 6.07) is 5.95. The van der Waals surface area contributed by atoms with E-state index in [4.69, 9.17) is 4.74 Å². The summed E-state index contributed by atoms with van der Waals surface area (Å²) in [7, 11) is 0. The van der Waals surface area contributed by atoms with Crippen LogP contribution in [0.2, 0.25) is 0 Å². The van der Waals surface area contributed by atoms with Gasteiger partial charge in [-0.25, -0.2) is 0 Å². The van der Waals surface area contributed by atoms with Crippen LogP contribution in [-0.4, -0.2) is 42.3 Å². The van der Waals surface area contributed by atoms with Gasteiger partial charge in [0.1, 0.15) is 0 Å². The summed E-state index contributed by atoms with van der Waals surface area (Å²) < 4.78 is 35.6. The fourth-order valence-corrected chi connectivity index (χ4v) is 3.70. The van der Waals surface area contributed by atoms with E-state index in [0.29, 0.717) is 30.4 Å². The Labute approximate surface area is 154 Å². The largest absolute Gasteiger partial charge is 0.489 e. The van der Waals surface area contributed by atoms with Crippen molar-refractivity contribution < 1.29 is 18.3 Å². The Kier molecular flexibility index (Phi) is 5.61. The molecule has 1 aliphatic heterocycles. The molecule has 26 heavy (non-hydrogen) atoms. The first-order chi connectivity index (χ1) is 12.2. The fraction of sp³-hybridized carbons (Fsp3) is 0.700. The van der Waals surface area contributed by atoms with Crippen molar-refractivity contribution in [2.75, 3.05) is 18.5 Å². The maximum absolute atomic E-state index is 12.6. The van der Waals surface area contributed by atoms with Crippen LogP contribution in [0.5, 0.6) is 11.5 Å². The fourth-order valence-electron chi connectivity index (χ4n) is 3.70. The van der Waals surface area contributed by atoms with Crippen LogP contribution in [0.1, 0.15) is 47.0 Å². The second-order valence-corrected chi connectivity index (χ2v) is 8.54. The van der Waals surface area contributed by atoms with Gasteiger partial charge in [-0.2, -0.15) is 8.78 Å². The number of ether oxygens (including phenoxy) is 2. The Bertz CT molecular complexity index is 614. The number of rotatable bonds is 7. The van der Waals surface area contributed by atoms with Gasteiger partial charge in [-0.3, -0.25) is 4.90 Å². The molecule has 0 amide bonds. The number of alkyl halides is 2. The molecule has 146 valence electrons. The van der Waals surface area contributed by atoms with Crippen molar-refractivity contribution in [3.05, 3.63) is 18.2 Å². The van der Waals surface area contributed by atoms with Crippen molar-refractivity contribution in [1.82, 2.24) is 4.90 Å². The molecular formula is C20H30F2N2O2. The number of benzene rings is 1. The third kappa shape index (κ3) is 5.00. The molecule has 1 heterocycles. The van der Waals surface area contributed by atoms with Crippen molar-refractivity contribution >= 4 is 5.69 Å². The van der Waals surface area contributed by atoms with Gasteiger partial charge in [-0.05, 0) is 65.0 Å². The van der Waals surface area contributed by atoms with Crippen LogP contribution in [0.4, 0.5) is 14.5 Å². The van der Waals surface area contributed by atoms with Crippen molar-refractivity contribution in [2.24, 2.45) is 5.92 Å². The zero-order valence-electron chi connectivity index (χ0n) is 16.1. The van der Waals surface area contributed by atoms with Crippen LogP contribution in [0.15, 0.2) is 18.2 Å². The quantitative estimate of drug-likeness (QED) is 0.753. The highest BCUT2D eigenvalue weighted by Gasteiger charge is 2.35. The van der Waals surface area contributed by atoms with Gasteiger partial charge in [0.05, 0.1) is 6.61 Å². The molecule has 2 aliphatic rings. The number of anilines is 1. The minimum Gasteiger partial charge on any atom is -0.489 e. The van der Waals surface area contributed by atoms with Crippen LogP contribution >= 0.6 is 0 Å². The van der Waals surface area contributed by atoms with E-state index in [0.717, 1.165) is 31.5 Å². The van der Waals surface area contributed by atoms with Gasteiger partial charge in [-0.15, -0.1) is 0 Å². The minimum absolute atomic E-state index is 0.0994. The van der Waals surface area contributed by atoms with Crippen LogP contribution in [0.25, 0.3) is 0 Å². The molecule has 1 saturated carbocycles. The number of hydrogen-bond donors (Lipinski definition) is 1. The van der Waals surface area contributed by atoms with E-state index in [1.54, 1.807) is 18.2 Å². The van der Waals surface area contributed by atoms with Crippen molar-refractivity contribution in [1.29, 1.82) is 0 Å². The lowest BCUT2D eigenvalue weighted by molar-refractivity contribution is -0.0515. The number of likely N-dealkylation sites (tertiary alicyclic amines) is 1. The van der Waals surface area contributed by atoms with Gasteiger partial charge in [-0.1, -0.05) is 0 Å². The maximum atomic E-state index is 12.6. The molecule has 0 aromatic heterocycles. The second-order valence-electron chi connectivity index (χ2n) is 8.54. The molecule has 3 rings (SSSR count). The van der Waals surface area contributed by atoms with Crippen molar-refractivity contribution in [2.45, 2.75) is 71.2 Å². The first-order valence-electron chi connectivity index (χ1n) is 9.47. The molecule has 0 bridgehead atoms. The molecule has 1 aromatic rings. The number of hydrogen-bond acceptors (Lipinski definition) is 4. The van der Waals surface area contributed by atoms with Crippen LogP contribution in [0.3, 0.4) is 0 Å². The topological polar surface area (TPSA) is 33.7 Å². The lowest BCUT2D eigenvalue weighted by Gasteiger charge is -2.35. The van der Waals surface area contributed by atoms with Crippen LogP contribution in [0, 0.1) is 5.92 Å². The monoisotopic (exact) mass is 368 g/mol. The zero-order valence-corrected chi connectivity index (χ0v) is 16.1. The Morgan fingerprint density at radius 1 is 1.23 bits per heavy atom. The van der Waals surface area contributed by atoms with Crippen molar-refractivity contribution in [3.63, 3.8) is 0 Å². The van der Waals surface area contributed by atoms with E-state index in [9.17, 15) is 8.78 Å². The summed E-state index contributed by atoms with van der Waals surface area (Å²) in [4.78, 5) is 2.49. The molecular weight excluding hydrogens is 338 g/mol. The third-order valence-corrected chi connectivity index (χ3v) is 5.14. The predicted molar refractivity (Wildman–Crippen MR) is 99.2 cm³/mol. The summed E-state index contributed by atoms with van der Waals surface area (Å²) >= 11 is 0. The van der Waals surface area contributed by atoms with Gasteiger partial charge in [0, 0.05) is 35.9 Å². The van der Waals surface area contributed by atoms with Gasteiger partial charge in [0.15, 0.2) is 11.5 Å². The van der Waals surface area contributed by atoms with E-state index in [1.165, 1.54) is 0 Å². The summed E-state index contributed by atoms with van der Waals surface area (Å²) in [6.45, 7) is 7.59. The minimum atomic E-state index is -2.85. The first-order valence-corrected chi connectivity index (χ1v) is 9.47. The van der Waals surface area contributed by atoms with Crippen molar-refractivity contribution in [3.8, 4) is 11.5 Å². The molecule has 2 fully saturated rings. The zero-order chi connectivity index (χ0) is 18.9. The average Bonchev–Trinajstić information content (AvgIpc) is 3.28. The molecule has 1 N–H and O–H groups in total. The molecule has 1 saturated heterocycles. The molecule has 0 unspecified atom stereocenters.